The van der Waals surface area contributed by atoms with Gasteiger partial charge in [0.15, 0.2) is 0 Å². The van der Waals surface area contributed by atoms with Crippen LogP contribution in [0, 0.1) is 0 Å². The average Bonchev–Trinajstić information content (AvgIpc) is 3.17. The van der Waals surface area contributed by atoms with Gasteiger partial charge in [0.05, 0.1) is 12.0 Å². The summed E-state index contributed by atoms with van der Waals surface area (Å²) in [5.74, 6) is 0.405. The average molecular weight is 433 g/mol. The second kappa shape index (κ2) is 8.98. The van der Waals surface area contributed by atoms with E-state index in [4.69, 9.17) is 10.5 Å². The Hall–Kier alpha value is -1.72. The van der Waals surface area contributed by atoms with Gasteiger partial charge in [-0.2, -0.15) is 4.31 Å². The van der Waals surface area contributed by atoms with Crippen LogP contribution in [0.5, 0.6) is 5.75 Å². The molecular weight excluding hydrogens is 412 g/mol. The highest BCUT2D eigenvalue weighted by Gasteiger charge is 2.31. The third-order valence-electron chi connectivity index (χ3n) is 4.17. The SMILES string of the molecule is COc1ccc(S(=O)(=O)N2CCN(C(=O)c3csc(CN)n3)CC2)cc1.Cl. The molecule has 148 valence electrons. The third-order valence-corrected chi connectivity index (χ3v) is 6.95. The third kappa shape index (κ3) is 4.58. The van der Waals surface area contributed by atoms with E-state index in [0.29, 0.717) is 36.1 Å². The summed E-state index contributed by atoms with van der Waals surface area (Å²) in [6, 6.07) is 6.28. The van der Waals surface area contributed by atoms with Crippen LogP contribution in [-0.4, -0.2) is 61.8 Å². The molecule has 1 amide bonds. The highest BCUT2D eigenvalue weighted by atomic mass is 35.5. The van der Waals surface area contributed by atoms with Crippen molar-refractivity contribution in [3.63, 3.8) is 0 Å². The number of nitrogens with zero attached hydrogens (tertiary/aromatic N) is 3. The molecule has 1 aliphatic rings. The largest absolute Gasteiger partial charge is 0.497 e. The normalized spacial score (nSPS) is 15.3. The van der Waals surface area contributed by atoms with Gasteiger partial charge < -0.3 is 15.4 Å². The van der Waals surface area contributed by atoms with Gasteiger partial charge in [0.25, 0.3) is 5.91 Å². The zero-order chi connectivity index (χ0) is 18.7. The lowest BCUT2D eigenvalue weighted by atomic mass is 10.3. The smallest absolute Gasteiger partial charge is 0.273 e. The summed E-state index contributed by atoms with van der Waals surface area (Å²) in [5, 5.41) is 2.39. The number of carbonyl (C=O) groups excluding carboxylic acids is 1. The Labute approximate surface area is 168 Å². The molecule has 3 rings (SSSR count). The van der Waals surface area contributed by atoms with E-state index in [1.807, 2.05) is 0 Å². The van der Waals surface area contributed by atoms with Crippen LogP contribution in [0.3, 0.4) is 0 Å². The van der Waals surface area contributed by atoms with E-state index in [9.17, 15) is 13.2 Å². The van der Waals surface area contributed by atoms with Crippen LogP contribution in [-0.2, 0) is 16.6 Å². The molecule has 1 aromatic carbocycles. The topological polar surface area (TPSA) is 106 Å². The fourth-order valence-corrected chi connectivity index (χ4v) is 4.76. The van der Waals surface area contributed by atoms with Crippen LogP contribution in [0.4, 0.5) is 0 Å². The second-order valence-electron chi connectivity index (χ2n) is 5.70. The highest BCUT2D eigenvalue weighted by Crippen LogP contribution is 2.21. The van der Waals surface area contributed by atoms with E-state index in [1.54, 1.807) is 22.4 Å². The van der Waals surface area contributed by atoms with Gasteiger partial charge in [-0.15, -0.1) is 23.7 Å². The van der Waals surface area contributed by atoms with Crippen molar-refractivity contribution >= 4 is 39.7 Å². The fraction of sp³-hybridized carbons (Fsp3) is 0.375. The molecule has 0 radical (unpaired) electrons. The first-order valence-corrected chi connectivity index (χ1v) is 10.4. The van der Waals surface area contributed by atoms with Crippen LogP contribution in [0.2, 0.25) is 0 Å². The Morgan fingerprint density at radius 1 is 1.22 bits per heavy atom. The van der Waals surface area contributed by atoms with Gasteiger partial charge in [0.2, 0.25) is 10.0 Å². The zero-order valence-electron chi connectivity index (χ0n) is 14.7. The maximum absolute atomic E-state index is 12.7. The van der Waals surface area contributed by atoms with Crippen LogP contribution in [0.1, 0.15) is 15.5 Å². The fourth-order valence-electron chi connectivity index (χ4n) is 2.69. The maximum atomic E-state index is 12.7. The van der Waals surface area contributed by atoms with E-state index >= 15 is 0 Å². The first kappa shape index (κ1) is 21.6. The lowest BCUT2D eigenvalue weighted by Crippen LogP contribution is -2.50. The molecule has 1 saturated heterocycles. The molecule has 1 aromatic heterocycles. The predicted octanol–water partition coefficient (Wildman–Crippen LogP) is 1.18. The van der Waals surface area contributed by atoms with Crippen molar-refractivity contribution in [1.29, 1.82) is 0 Å². The zero-order valence-corrected chi connectivity index (χ0v) is 17.1. The maximum Gasteiger partial charge on any atom is 0.273 e. The number of amides is 1. The lowest BCUT2D eigenvalue weighted by Gasteiger charge is -2.33. The Bertz CT molecular complexity index is 878. The monoisotopic (exact) mass is 432 g/mol. The molecule has 1 aliphatic heterocycles. The van der Waals surface area contributed by atoms with Crippen LogP contribution >= 0.6 is 23.7 Å². The number of methoxy groups -OCH3 is 1. The Kier molecular flexibility index (Phi) is 7.18. The minimum atomic E-state index is -3.59. The van der Waals surface area contributed by atoms with Crippen molar-refractivity contribution in [2.75, 3.05) is 33.3 Å². The van der Waals surface area contributed by atoms with Gasteiger partial charge >= 0.3 is 0 Å². The van der Waals surface area contributed by atoms with Crippen molar-refractivity contribution in [2.24, 2.45) is 5.73 Å². The van der Waals surface area contributed by atoms with Crippen LogP contribution in [0.15, 0.2) is 34.5 Å². The molecule has 0 spiro atoms. The van der Waals surface area contributed by atoms with E-state index in [2.05, 4.69) is 4.98 Å². The molecule has 11 heteroatoms. The van der Waals surface area contributed by atoms with Crippen molar-refractivity contribution in [3.05, 3.63) is 40.3 Å². The molecule has 1 fully saturated rings. The Morgan fingerprint density at radius 3 is 2.37 bits per heavy atom. The molecule has 0 saturated carbocycles. The van der Waals surface area contributed by atoms with Gasteiger partial charge in [-0.3, -0.25) is 4.79 Å². The van der Waals surface area contributed by atoms with Crippen molar-refractivity contribution in [1.82, 2.24) is 14.2 Å². The van der Waals surface area contributed by atoms with Crippen molar-refractivity contribution in [3.8, 4) is 5.75 Å². The standard InChI is InChI=1S/C16H20N4O4S2.ClH/c1-24-12-2-4-13(5-3-12)26(22,23)20-8-6-19(7-9-20)16(21)14-11-25-15(10-17)18-14;/h2-5,11H,6-10,17H2,1H3;1H. The molecule has 2 N–H and O–H groups in total. The molecule has 27 heavy (non-hydrogen) atoms. The van der Waals surface area contributed by atoms with Crippen LogP contribution < -0.4 is 10.5 Å². The molecule has 0 aliphatic carbocycles. The van der Waals surface area contributed by atoms with Gasteiger partial charge in [0.1, 0.15) is 16.5 Å². The number of benzene rings is 1. The minimum Gasteiger partial charge on any atom is -0.497 e. The molecule has 0 atom stereocenters. The van der Waals surface area contributed by atoms with Crippen LogP contribution in [0.25, 0.3) is 0 Å². The number of sulfonamides is 1. The second-order valence-corrected chi connectivity index (χ2v) is 8.58. The van der Waals surface area contributed by atoms with Crippen molar-refractivity contribution < 1.29 is 17.9 Å². The molecule has 0 unspecified atom stereocenters. The summed E-state index contributed by atoms with van der Waals surface area (Å²) in [7, 11) is -2.06. The van der Waals surface area contributed by atoms with E-state index < -0.39 is 10.0 Å². The number of nitrogens with two attached hydrogens (primary N) is 1. The number of ether oxygens (including phenoxy) is 1. The summed E-state index contributed by atoms with van der Waals surface area (Å²) in [5.41, 5.74) is 5.89. The molecule has 2 heterocycles. The quantitative estimate of drug-likeness (QED) is 0.760. The highest BCUT2D eigenvalue weighted by molar-refractivity contribution is 7.89. The van der Waals surface area contributed by atoms with Gasteiger partial charge in [-0.25, -0.2) is 13.4 Å². The minimum absolute atomic E-state index is 0. The van der Waals surface area contributed by atoms with Crippen molar-refractivity contribution in [2.45, 2.75) is 11.4 Å². The summed E-state index contributed by atoms with van der Waals surface area (Å²) < 4.78 is 31.9. The predicted molar refractivity (Wildman–Crippen MR) is 105 cm³/mol. The molecular formula is C16H21ClN4O4S2. The Morgan fingerprint density at radius 2 is 1.85 bits per heavy atom. The number of carbonyl (C=O) groups is 1. The van der Waals surface area contributed by atoms with Gasteiger partial charge in [-0.05, 0) is 24.3 Å². The number of aromatic nitrogens is 1. The summed E-state index contributed by atoms with van der Waals surface area (Å²) >= 11 is 1.35. The van der Waals surface area contributed by atoms with E-state index in [1.165, 1.54) is 34.9 Å². The molecule has 0 bridgehead atoms. The number of thiazole rings is 1. The summed E-state index contributed by atoms with van der Waals surface area (Å²) in [6.07, 6.45) is 0. The van der Waals surface area contributed by atoms with E-state index in [-0.39, 0.29) is 36.3 Å². The first-order chi connectivity index (χ1) is 12.5. The number of hydrogen-bond donors (Lipinski definition) is 1. The Balaban J connectivity index is 0.00000261. The number of rotatable bonds is 5. The summed E-state index contributed by atoms with van der Waals surface area (Å²) in [6.45, 7) is 1.43. The summed E-state index contributed by atoms with van der Waals surface area (Å²) in [4.78, 5) is 18.5. The lowest BCUT2D eigenvalue weighted by molar-refractivity contribution is 0.0692. The van der Waals surface area contributed by atoms with Gasteiger partial charge in [0, 0.05) is 38.1 Å². The number of halogens is 1. The van der Waals surface area contributed by atoms with E-state index in [0.717, 1.165) is 0 Å². The number of piperazine rings is 1. The first-order valence-electron chi connectivity index (χ1n) is 8.03. The van der Waals surface area contributed by atoms with Gasteiger partial charge in [-0.1, -0.05) is 0 Å². The molecule has 8 nitrogen and oxygen atoms in total. The number of hydrogen-bond acceptors (Lipinski definition) is 7. The molecule has 2 aromatic rings.